The van der Waals surface area contributed by atoms with Gasteiger partial charge in [0.25, 0.3) is 5.91 Å². The highest BCUT2D eigenvalue weighted by Gasteiger charge is 2.17. The third-order valence-corrected chi connectivity index (χ3v) is 3.50. The quantitative estimate of drug-likeness (QED) is 0.803. The van der Waals surface area contributed by atoms with Crippen LogP contribution >= 0.6 is 0 Å². The molecule has 2 rings (SSSR count). The van der Waals surface area contributed by atoms with Gasteiger partial charge < -0.3 is 16.2 Å². The molecular formula is C14H20N2O2. The van der Waals surface area contributed by atoms with Crippen molar-refractivity contribution in [3.8, 4) is 5.75 Å². The van der Waals surface area contributed by atoms with Crippen LogP contribution in [0.2, 0.25) is 0 Å². The minimum absolute atomic E-state index is 0.366. The van der Waals surface area contributed by atoms with E-state index in [0.29, 0.717) is 29.5 Å². The summed E-state index contributed by atoms with van der Waals surface area (Å²) in [6, 6.07) is 5.08. The number of nitrogen functional groups attached to an aromatic ring is 1. The van der Waals surface area contributed by atoms with Gasteiger partial charge in [-0.05, 0) is 30.9 Å². The molecule has 0 bridgehead atoms. The second kappa shape index (κ2) is 5.76. The minimum Gasteiger partial charge on any atom is -0.490 e. The molecule has 4 N–H and O–H groups in total. The Kier molecular flexibility index (Phi) is 4.07. The Morgan fingerprint density at radius 3 is 2.67 bits per heavy atom. The molecule has 98 valence electrons. The normalized spacial score (nSPS) is 16.4. The highest BCUT2D eigenvalue weighted by atomic mass is 16.5. The fourth-order valence-corrected chi connectivity index (χ4v) is 2.46. The second-order valence-corrected chi connectivity index (χ2v) is 4.90. The molecule has 0 unspecified atom stereocenters. The van der Waals surface area contributed by atoms with Gasteiger partial charge in [0, 0.05) is 0 Å². The number of primary amides is 1. The molecule has 1 fully saturated rings. The van der Waals surface area contributed by atoms with E-state index in [2.05, 4.69) is 0 Å². The van der Waals surface area contributed by atoms with Gasteiger partial charge in [-0.25, -0.2) is 0 Å². The van der Waals surface area contributed by atoms with Gasteiger partial charge in [-0.1, -0.05) is 25.3 Å². The predicted molar refractivity (Wildman–Crippen MR) is 71.4 cm³/mol. The largest absolute Gasteiger partial charge is 0.490 e. The number of rotatable bonds is 4. The number of anilines is 1. The summed E-state index contributed by atoms with van der Waals surface area (Å²) in [4.78, 5) is 11.3. The van der Waals surface area contributed by atoms with Crippen LogP contribution in [-0.4, -0.2) is 12.5 Å². The van der Waals surface area contributed by atoms with Crippen molar-refractivity contribution in [1.82, 2.24) is 0 Å². The first-order valence-electron chi connectivity index (χ1n) is 6.49. The molecule has 1 saturated carbocycles. The van der Waals surface area contributed by atoms with E-state index in [9.17, 15) is 4.79 Å². The Bertz CT molecular complexity index is 426. The number of amides is 1. The van der Waals surface area contributed by atoms with Crippen molar-refractivity contribution in [2.75, 3.05) is 12.3 Å². The lowest BCUT2D eigenvalue weighted by Gasteiger charge is -2.22. The smallest absolute Gasteiger partial charge is 0.252 e. The van der Waals surface area contributed by atoms with Crippen LogP contribution < -0.4 is 16.2 Å². The first-order chi connectivity index (χ1) is 8.68. The number of carbonyl (C=O) groups excluding carboxylic acids is 1. The van der Waals surface area contributed by atoms with Crippen LogP contribution in [0.4, 0.5) is 5.69 Å². The lowest BCUT2D eigenvalue weighted by atomic mass is 9.90. The molecule has 1 aliphatic rings. The van der Waals surface area contributed by atoms with Crippen molar-refractivity contribution in [2.45, 2.75) is 32.1 Å². The maximum atomic E-state index is 11.3. The molecule has 1 aliphatic carbocycles. The predicted octanol–water partition coefficient (Wildman–Crippen LogP) is 2.33. The van der Waals surface area contributed by atoms with Gasteiger partial charge in [0.15, 0.2) is 5.75 Å². The molecule has 0 atom stereocenters. The molecular weight excluding hydrogens is 228 g/mol. The molecule has 4 heteroatoms. The average Bonchev–Trinajstić information content (AvgIpc) is 2.38. The van der Waals surface area contributed by atoms with Crippen LogP contribution in [0.15, 0.2) is 18.2 Å². The molecule has 1 aromatic rings. The Labute approximate surface area is 107 Å². The summed E-state index contributed by atoms with van der Waals surface area (Å²) in [6.07, 6.45) is 6.23. The highest BCUT2D eigenvalue weighted by Crippen LogP contribution is 2.29. The third-order valence-electron chi connectivity index (χ3n) is 3.50. The minimum atomic E-state index is -0.499. The standard InChI is InChI=1S/C14H20N2O2/c15-12-8-4-7-11(14(16)17)13(12)18-9-10-5-2-1-3-6-10/h4,7-8,10H,1-3,5-6,9,15H2,(H2,16,17). The number of hydrogen-bond acceptors (Lipinski definition) is 3. The summed E-state index contributed by atoms with van der Waals surface area (Å²) in [5.74, 6) is 0.510. The van der Waals surface area contributed by atoms with Crippen molar-refractivity contribution in [1.29, 1.82) is 0 Å². The first kappa shape index (κ1) is 12.7. The molecule has 18 heavy (non-hydrogen) atoms. The Morgan fingerprint density at radius 1 is 1.28 bits per heavy atom. The van der Waals surface area contributed by atoms with Crippen LogP contribution in [0.25, 0.3) is 0 Å². The molecule has 4 nitrogen and oxygen atoms in total. The summed E-state index contributed by atoms with van der Waals surface area (Å²) in [5.41, 5.74) is 12.0. The van der Waals surface area contributed by atoms with Crippen molar-refractivity contribution in [3.05, 3.63) is 23.8 Å². The van der Waals surface area contributed by atoms with E-state index in [-0.39, 0.29) is 0 Å². The third kappa shape index (κ3) is 2.94. The van der Waals surface area contributed by atoms with E-state index < -0.39 is 5.91 Å². The lowest BCUT2D eigenvalue weighted by Crippen LogP contribution is -2.19. The Morgan fingerprint density at radius 2 is 2.00 bits per heavy atom. The van der Waals surface area contributed by atoms with E-state index in [1.165, 1.54) is 32.1 Å². The van der Waals surface area contributed by atoms with Crippen molar-refractivity contribution < 1.29 is 9.53 Å². The molecule has 0 aliphatic heterocycles. The summed E-state index contributed by atoms with van der Waals surface area (Å²) < 4.78 is 5.74. The monoisotopic (exact) mass is 248 g/mol. The molecule has 1 aromatic carbocycles. The molecule has 0 aromatic heterocycles. The van der Waals surface area contributed by atoms with Crippen LogP contribution in [-0.2, 0) is 0 Å². The SMILES string of the molecule is NC(=O)c1cccc(N)c1OCC1CCCCC1. The zero-order chi connectivity index (χ0) is 13.0. The zero-order valence-corrected chi connectivity index (χ0v) is 10.5. The maximum absolute atomic E-state index is 11.3. The molecule has 1 amide bonds. The lowest BCUT2D eigenvalue weighted by molar-refractivity contribution is 0.0994. The molecule has 0 spiro atoms. The topological polar surface area (TPSA) is 78.3 Å². The number of hydrogen-bond donors (Lipinski definition) is 2. The van der Waals surface area contributed by atoms with Gasteiger partial charge in [0.1, 0.15) is 0 Å². The van der Waals surface area contributed by atoms with Gasteiger partial charge in [-0.2, -0.15) is 0 Å². The Balaban J connectivity index is 2.05. The van der Waals surface area contributed by atoms with Crippen molar-refractivity contribution >= 4 is 11.6 Å². The van der Waals surface area contributed by atoms with Crippen LogP contribution in [0.1, 0.15) is 42.5 Å². The Hall–Kier alpha value is -1.71. The summed E-state index contributed by atoms with van der Waals surface area (Å²) >= 11 is 0. The highest BCUT2D eigenvalue weighted by molar-refractivity contribution is 5.97. The number of para-hydroxylation sites is 1. The molecule has 0 saturated heterocycles. The van der Waals surface area contributed by atoms with E-state index in [1.807, 2.05) is 0 Å². The van der Waals surface area contributed by atoms with E-state index >= 15 is 0 Å². The summed E-state index contributed by atoms with van der Waals surface area (Å²) in [6.45, 7) is 0.620. The fourth-order valence-electron chi connectivity index (χ4n) is 2.46. The van der Waals surface area contributed by atoms with Crippen LogP contribution in [0, 0.1) is 5.92 Å². The van der Waals surface area contributed by atoms with Gasteiger partial charge >= 0.3 is 0 Å². The fraction of sp³-hybridized carbons (Fsp3) is 0.500. The summed E-state index contributed by atoms with van der Waals surface area (Å²) in [5, 5.41) is 0. The zero-order valence-electron chi connectivity index (χ0n) is 10.5. The van der Waals surface area contributed by atoms with Crippen LogP contribution in [0.3, 0.4) is 0 Å². The molecule has 0 radical (unpaired) electrons. The number of benzene rings is 1. The second-order valence-electron chi connectivity index (χ2n) is 4.90. The van der Waals surface area contributed by atoms with E-state index in [0.717, 1.165) is 0 Å². The first-order valence-corrected chi connectivity index (χ1v) is 6.49. The van der Waals surface area contributed by atoms with Gasteiger partial charge in [0.05, 0.1) is 17.9 Å². The van der Waals surface area contributed by atoms with E-state index in [1.54, 1.807) is 18.2 Å². The summed E-state index contributed by atoms with van der Waals surface area (Å²) in [7, 11) is 0. The average molecular weight is 248 g/mol. The van der Waals surface area contributed by atoms with Gasteiger partial charge in [-0.15, -0.1) is 0 Å². The van der Waals surface area contributed by atoms with Crippen molar-refractivity contribution in [3.63, 3.8) is 0 Å². The van der Waals surface area contributed by atoms with Crippen molar-refractivity contribution in [2.24, 2.45) is 11.7 Å². The van der Waals surface area contributed by atoms with Crippen LogP contribution in [0.5, 0.6) is 5.75 Å². The van der Waals surface area contributed by atoms with Gasteiger partial charge in [-0.3, -0.25) is 4.79 Å². The number of carbonyl (C=O) groups is 1. The van der Waals surface area contributed by atoms with Gasteiger partial charge in [0.2, 0.25) is 0 Å². The molecule has 0 heterocycles. The number of ether oxygens (including phenoxy) is 1. The maximum Gasteiger partial charge on any atom is 0.252 e. The van der Waals surface area contributed by atoms with E-state index in [4.69, 9.17) is 16.2 Å². The number of nitrogens with two attached hydrogens (primary N) is 2.